The molecule has 8 heteroatoms. The van der Waals surface area contributed by atoms with Crippen molar-refractivity contribution in [3.05, 3.63) is 34.7 Å². The van der Waals surface area contributed by atoms with E-state index in [4.69, 9.17) is 5.41 Å². The van der Waals surface area contributed by atoms with Crippen LogP contribution in [0.5, 0.6) is 0 Å². The standard InChI is InChI=1S/C17H22N2O4S2/c1-9-11(7-8-12(16(9)24-3)25(4,22)23)15(20)13(17(21)19-2)14(18)10-5-6-10/h7-8,10,18-19,21H,5-6H2,1-4H3/b17-13-,18-14?. The van der Waals surface area contributed by atoms with E-state index in [0.717, 1.165) is 19.1 Å². The largest absolute Gasteiger partial charge is 0.494 e. The number of rotatable bonds is 7. The Balaban J connectivity index is 2.60. The van der Waals surface area contributed by atoms with Crippen molar-refractivity contribution in [3.8, 4) is 0 Å². The Kier molecular flexibility index (Phi) is 5.63. The number of sulfone groups is 1. The molecular formula is C17H22N2O4S2. The number of allylic oxidation sites excluding steroid dienone is 1. The summed E-state index contributed by atoms with van der Waals surface area (Å²) >= 11 is 1.25. The van der Waals surface area contributed by atoms with Gasteiger partial charge in [0, 0.05) is 29.7 Å². The maximum absolute atomic E-state index is 13.0. The Morgan fingerprint density at radius 1 is 1.36 bits per heavy atom. The van der Waals surface area contributed by atoms with E-state index in [-0.39, 0.29) is 28.0 Å². The molecule has 2 rings (SSSR count). The molecule has 25 heavy (non-hydrogen) atoms. The highest BCUT2D eigenvalue weighted by atomic mass is 32.2. The zero-order valence-corrected chi connectivity index (χ0v) is 16.3. The van der Waals surface area contributed by atoms with Crippen LogP contribution in [-0.2, 0) is 9.84 Å². The van der Waals surface area contributed by atoms with Crippen molar-refractivity contribution in [2.45, 2.75) is 29.6 Å². The van der Waals surface area contributed by atoms with Crippen LogP contribution in [0, 0.1) is 18.3 Å². The van der Waals surface area contributed by atoms with Gasteiger partial charge in [0.2, 0.25) is 5.78 Å². The number of hydrogen-bond acceptors (Lipinski definition) is 7. The van der Waals surface area contributed by atoms with E-state index in [1.807, 2.05) is 0 Å². The summed E-state index contributed by atoms with van der Waals surface area (Å²) in [6.45, 7) is 1.68. The zero-order valence-electron chi connectivity index (χ0n) is 14.6. The first-order valence-electron chi connectivity index (χ1n) is 7.75. The van der Waals surface area contributed by atoms with E-state index in [1.54, 1.807) is 13.2 Å². The first kappa shape index (κ1) is 19.5. The quantitative estimate of drug-likeness (QED) is 0.220. The number of carbonyl (C=O) groups is 1. The van der Waals surface area contributed by atoms with Gasteiger partial charge in [-0.15, -0.1) is 11.8 Å². The topological polar surface area (TPSA) is 107 Å². The van der Waals surface area contributed by atoms with Gasteiger partial charge in [-0.05, 0) is 43.7 Å². The fourth-order valence-corrected chi connectivity index (χ4v) is 4.85. The fraction of sp³-hybridized carbons (Fsp3) is 0.412. The van der Waals surface area contributed by atoms with Gasteiger partial charge in [0.15, 0.2) is 15.7 Å². The van der Waals surface area contributed by atoms with E-state index in [0.29, 0.717) is 16.0 Å². The van der Waals surface area contributed by atoms with Gasteiger partial charge >= 0.3 is 0 Å². The smallest absolute Gasteiger partial charge is 0.200 e. The van der Waals surface area contributed by atoms with Crippen LogP contribution in [0.1, 0.15) is 28.8 Å². The predicted molar refractivity (Wildman–Crippen MR) is 99.6 cm³/mol. The summed E-state index contributed by atoms with van der Waals surface area (Å²) in [5.74, 6) is -0.819. The minimum atomic E-state index is -3.42. The van der Waals surface area contributed by atoms with Gasteiger partial charge in [0.1, 0.15) is 5.57 Å². The summed E-state index contributed by atoms with van der Waals surface area (Å²) in [6.07, 6.45) is 4.53. The second kappa shape index (κ2) is 7.21. The first-order chi connectivity index (χ1) is 11.6. The monoisotopic (exact) mass is 382 g/mol. The molecule has 1 saturated carbocycles. The average molecular weight is 383 g/mol. The summed E-state index contributed by atoms with van der Waals surface area (Å²) in [7, 11) is -1.94. The molecule has 1 aliphatic rings. The maximum atomic E-state index is 13.0. The van der Waals surface area contributed by atoms with E-state index in [2.05, 4.69) is 5.32 Å². The van der Waals surface area contributed by atoms with Crippen LogP contribution < -0.4 is 5.32 Å². The third-order valence-electron chi connectivity index (χ3n) is 4.17. The molecule has 0 atom stereocenters. The van der Waals surface area contributed by atoms with Crippen molar-refractivity contribution in [3.63, 3.8) is 0 Å². The van der Waals surface area contributed by atoms with Gasteiger partial charge in [-0.25, -0.2) is 8.42 Å². The summed E-state index contributed by atoms with van der Waals surface area (Å²) < 4.78 is 23.9. The average Bonchev–Trinajstić information content (AvgIpc) is 3.38. The van der Waals surface area contributed by atoms with Crippen molar-refractivity contribution < 1.29 is 18.3 Å². The molecular weight excluding hydrogens is 360 g/mol. The molecule has 6 nitrogen and oxygen atoms in total. The van der Waals surface area contributed by atoms with Crippen LogP contribution in [-0.4, -0.2) is 44.6 Å². The normalized spacial score (nSPS) is 15.5. The Morgan fingerprint density at radius 3 is 2.40 bits per heavy atom. The van der Waals surface area contributed by atoms with E-state index in [1.165, 1.54) is 30.9 Å². The Labute approximate surface area is 152 Å². The summed E-state index contributed by atoms with van der Waals surface area (Å²) in [6, 6.07) is 2.87. The molecule has 0 heterocycles. The van der Waals surface area contributed by atoms with Crippen LogP contribution in [0.25, 0.3) is 0 Å². The molecule has 0 bridgehead atoms. The Hall–Kier alpha value is -1.80. The highest BCUT2D eigenvalue weighted by Crippen LogP contribution is 2.36. The summed E-state index contributed by atoms with van der Waals surface area (Å²) in [4.78, 5) is 13.7. The molecule has 0 radical (unpaired) electrons. The number of benzene rings is 1. The highest BCUT2D eigenvalue weighted by Gasteiger charge is 2.34. The number of nitrogens with one attached hydrogen (secondary N) is 2. The lowest BCUT2D eigenvalue weighted by molar-refractivity contribution is 0.103. The first-order valence-corrected chi connectivity index (χ1v) is 10.9. The van der Waals surface area contributed by atoms with Crippen molar-refractivity contribution >= 4 is 33.1 Å². The fourth-order valence-electron chi connectivity index (χ4n) is 2.65. The summed E-state index contributed by atoms with van der Waals surface area (Å²) in [5, 5.41) is 20.8. The van der Waals surface area contributed by atoms with Gasteiger partial charge in [0.25, 0.3) is 0 Å². The zero-order chi connectivity index (χ0) is 18.9. The molecule has 1 aromatic rings. The minimum absolute atomic E-state index is 0.00919. The van der Waals surface area contributed by atoms with Crippen LogP contribution in [0.2, 0.25) is 0 Å². The van der Waals surface area contributed by atoms with Crippen LogP contribution in [0.15, 0.2) is 33.4 Å². The molecule has 0 aromatic heterocycles. The van der Waals surface area contributed by atoms with Gasteiger partial charge in [-0.1, -0.05) is 0 Å². The third kappa shape index (κ3) is 3.90. The van der Waals surface area contributed by atoms with Crippen LogP contribution in [0.3, 0.4) is 0 Å². The molecule has 0 amide bonds. The van der Waals surface area contributed by atoms with Crippen molar-refractivity contribution in [2.75, 3.05) is 19.6 Å². The molecule has 1 fully saturated rings. The lowest BCUT2D eigenvalue weighted by atomic mass is 9.94. The second-order valence-electron chi connectivity index (χ2n) is 6.03. The number of Topliss-reactive ketones (excluding diaryl/α,β-unsaturated/α-hetero) is 1. The number of aliphatic hydroxyl groups is 1. The number of ketones is 1. The van der Waals surface area contributed by atoms with E-state index >= 15 is 0 Å². The van der Waals surface area contributed by atoms with Crippen LogP contribution >= 0.6 is 11.8 Å². The Bertz CT molecular complexity index is 869. The number of carbonyl (C=O) groups excluding carboxylic acids is 1. The van der Waals surface area contributed by atoms with Crippen molar-refractivity contribution in [1.82, 2.24) is 5.32 Å². The number of aliphatic hydroxyl groups excluding tert-OH is 1. The lowest BCUT2D eigenvalue weighted by Crippen LogP contribution is -2.22. The van der Waals surface area contributed by atoms with Gasteiger partial charge in [-0.2, -0.15) is 0 Å². The van der Waals surface area contributed by atoms with Crippen molar-refractivity contribution in [2.24, 2.45) is 5.92 Å². The molecule has 0 aliphatic heterocycles. The van der Waals surface area contributed by atoms with Gasteiger partial charge < -0.3 is 15.8 Å². The maximum Gasteiger partial charge on any atom is 0.200 e. The third-order valence-corrected chi connectivity index (χ3v) is 6.38. The van der Waals surface area contributed by atoms with Crippen molar-refractivity contribution in [1.29, 1.82) is 5.41 Å². The highest BCUT2D eigenvalue weighted by molar-refractivity contribution is 7.99. The molecule has 0 saturated heterocycles. The van der Waals surface area contributed by atoms with E-state index < -0.39 is 15.6 Å². The molecule has 0 spiro atoms. The van der Waals surface area contributed by atoms with Gasteiger partial charge in [-0.3, -0.25) is 4.79 Å². The SMILES string of the molecule is CN/C(O)=C(\C(=N)C1CC1)C(=O)c1ccc(S(C)(=O)=O)c(SC)c1C. The lowest BCUT2D eigenvalue weighted by Gasteiger charge is -2.16. The molecule has 1 aromatic carbocycles. The second-order valence-corrected chi connectivity index (χ2v) is 8.83. The van der Waals surface area contributed by atoms with E-state index in [9.17, 15) is 18.3 Å². The Morgan fingerprint density at radius 2 is 1.96 bits per heavy atom. The molecule has 1 aliphatic carbocycles. The summed E-state index contributed by atoms with van der Waals surface area (Å²) in [5.41, 5.74) is 0.894. The number of thioether (sulfide) groups is 1. The molecule has 0 unspecified atom stereocenters. The minimum Gasteiger partial charge on any atom is -0.494 e. The predicted octanol–water partition coefficient (Wildman–Crippen LogP) is 2.72. The molecule has 136 valence electrons. The number of hydrogen-bond donors (Lipinski definition) is 3. The molecule has 3 N–H and O–H groups in total. The van der Waals surface area contributed by atoms with Gasteiger partial charge in [0.05, 0.1) is 10.6 Å². The van der Waals surface area contributed by atoms with Crippen LogP contribution in [0.4, 0.5) is 0 Å².